The first-order valence-corrected chi connectivity index (χ1v) is 7.12. The van der Waals surface area contributed by atoms with Crippen molar-refractivity contribution in [3.05, 3.63) is 48.2 Å². The van der Waals surface area contributed by atoms with E-state index in [1.54, 1.807) is 0 Å². The molecular weight excluding hydrogens is 272 g/mol. The molecule has 1 aromatic carbocycles. The van der Waals surface area contributed by atoms with Crippen LogP contribution in [0.15, 0.2) is 36.0 Å². The van der Waals surface area contributed by atoms with Crippen LogP contribution in [-0.4, -0.2) is 16.9 Å². The zero-order valence-corrected chi connectivity index (χ0v) is 11.4. The topological polar surface area (TPSA) is 27.6 Å². The maximum Gasteiger partial charge on any atom is 0.149 e. The van der Waals surface area contributed by atoms with E-state index in [4.69, 9.17) is 0 Å². The molecule has 0 spiro atoms. The second kappa shape index (κ2) is 4.41. The van der Waals surface area contributed by atoms with Crippen molar-refractivity contribution in [2.24, 2.45) is 10.9 Å². The summed E-state index contributed by atoms with van der Waals surface area (Å²) in [6.45, 7) is 3.98. The van der Waals surface area contributed by atoms with Crippen molar-refractivity contribution in [3.63, 3.8) is 0 Å². The van der Waals surface area contributed by atoms with Gasteiger partial charge in [0, 0.05) is 12.1 Å². The van der Waals surface area contributed by atoms with Crippen LogP contribution in [0.5, 0.6) is 0 Å². The van der Waals surface area contributed by atoms with Crippen LogP contribution in [0, 0.1) is 17.6 Å². The van der Waals surface area contributed by atoms with Crippen molar-refractivity contribution in [1.29, 1.82) is 0 Å². The number of benzene rings is 1. The second-order valence-electron chi connectivity index (χ2n) is 5.72. The Morgan fingerprint density at radius 3 is 2.62 bits per heavy atom. The predicted molar refractivity (Wildman–Crippen MR) is 77.7 cm³/mol. The van der Waals surface area contributed by atoms with E-state index >= 15 is 0 Å². The fourth-order valence-corrected chi connectivity index (χ4v) is 2.78. The van der Waals surface area contributed by atoms with Crippen molar-refractivity contribution in [2.75, 3.05) is 0 Å². The Balaban J connectivity index is 1.84. The van der Waals surface area contributed by atoms with Crippen molar-refractivity contribution < 1.29 is 8.78 Å². The zero-order chi connectivity index (χ0) is 14.6. The third-order valence-electron chi connectivity index (χ3n) is 4.17. The third kappa shape index (κ3) is 1.95. The Morgan fingerprint density at radius 2 is 2.00 bits per heavy atom. The number of hydrogen-bond acceptors (Lipinski definition) is 3. The van der Waals surface area contributed by atoms with Crippen molar-refractivity contribution in [3.8, 4) is 0 Å². The minimum atomic E-state index is -0.502. The molecule has 1 N–H and O–H groups in total. The molecule has 3 nitrogen and oxygen atoms in total. The number of nitrogens with zero attached hydrogens (tertiary/aromatic N) is 2. The van der Waals surface area contributed by atoms with E-state index in [9.17, 15) is 8.78 Å². The van der Waals surface area contributed by atoms with Crippen LogP contribution in [0.4, 0.5) is 14.5 Å². The summed E-state index contributed by atoms with van der Waals surface area (Å²) >= 11 is 0. The minimum absolute atomic E-state index is 0.0779. The van der Waals surface area contributed by atoms with Gasteiger partial charge in [-0.3, -0.25) is 0 Å². The number of nitrogens with one attached hydrogen (secondary N) is 1. The maximum atomic E-state index is 14.1. The average Bonchev–Trinajstić information content (AvgIpc) is 3.19. The van der Waals surface area contributed by atoms with Gasteiger partial charge in [-0.2, -0.15) is 0 Å². The largest absolute Gasteiger partial charge is 0.368 e. The fourth-order valence-electron chi connectivity index (χ4n) is 2.78. The molecule has 0 amide bonds. The van der Waals surface area contributed by atoms with Crippen LogP contribution in [-0.2, 0) is 0 Å². The summed E-state index contributed by atoms with van der Waals surface area (Å²) in [4.78, 5) is 6.29. The van der Waals surface area contributed by atoms with Gasteiger partial charge in [0.25, 0.3) is 0 Å². The average molecular weight is 287 g/mol. The van der Waals surface area contributed by atoms with Crippen molar-refractivity contribution in [2.45, 2.75) is 25.4 Å². The molecule has 2 aliphatic heterocycles. The molecule has 3 aliphatic rings. The number of halogens is 2. The van der Waals surface area contributed by atoms with Gasteiger partial charge in [-0.1, -0.05) is 6.58 Å². The molecule has 0 bridgehead atoms. The Bertz CT molecular complexity index is 689. The summed E-state index contributed by atoms with van der Waals surface area (Å²) in [7, 11) is 0. The zero-order valence-electron chi connectivity index (χ0n) is 11.4. The summed E-state index contributed by atoms with van der Waals surface area (Å²) in [6, 6.07) is 2.25. The van der Waals surface area contributed by atoms with E-state index in [0.29, 0.717) is 11.6 Å². The molecule has 1 saturated carbocycles. The number of fused-ring (bicyclic) bond motifs is 1. The van der Waals surface area contributed by atoms with E-state index in [0.717, 1.165) is 24.4 Å². The second-order valence-corrected chi connectivity index (χ2v) is 5.72. The fraction of sp³-hybridized carbons (Fsp3) is 0.312. The van der Waals surface area contributed by atoms with Gasteiger partial charge in [-0.25, -0.2) is 13.8 Å². The van der Waals surface area contributed by atoms with Crippen LogP contribution in [0.3, 0.4) is 0 Å². The lowest BCUT2D eigenvalue weighted by Gasteiger charge is -2.40. The molecule has 0 aromatic heterocycles. The SMILES string of the molecule is C=C1c2c(F)ccc(F)c2N=C(CC2CC2)N1C1C=CN1. The summed E-state index contributed by atoms with van der Waals surface area (Å²) in [5, 5.41) is 3.12. The first-order valence-electron chi connectivity index (χ1n) is 7.12. The van der Waals surface area contributed by atoms with Gasteiger partial charge in [0.05, 0.1) is 5.56 Å². The van der Waals surface area contributed by atoms with Crippen LogP contribution < -0.4 is 5.32 Å². The quantitative estimate of drug-likeness (QED) is 0.921. The molecule has 0 radical (unpaired) electrons. The third-order valence-corrected chi connectivity index (χ3v) is 4.17. The van der Waals surface area contributed by atoms with E-state index < -0.39 is 11.6 Å². The van der Waals surface area contributed by atoms with E-state index in [2.05, 4.69) is 16.9 Å². The number of rotatable bonds is 3. The Kier molecular flexibility index (Phi) is 2.64. The van der Waals surface area contributed by atoms with Gasteiger partial charge in [0.1, 0.15) is 29.3 Å². The molecule has 4 rings (SSSR count). The van der Waals surface area contributed by atoms with Crippen LogP contribution >= 0.6 is 0 Å². The van der Waals surface area contributed by atoms with Crippen LogP contribution in [0.2, 0.25) is 0 Å². The van der Waals surface area contributed by atoms with Crippen molar-refractivity contribution in [1.82, 2.24) is 10.2 Å². The number of hydrogen-bond donors (Lipinski definition) is 1. The molecular formula is C16H15F2N3. The lowest BCUT2D eigenvalue weighted by molar-refractivity contribution is 0.403. The van der Waals surface area contributed by atoms with Gasteiger partial charge in [-0.05, 0) is 43.2 Å². The highest BCUT2D eigenvalue weighted by Gasteiger charge is 2.36. The molecule has 21 heavy (non-hydrogen) atoms. The van der Waals surface area contributed by atoms with E-state index in [1.807, 2.05) is 17.2 Å². The molecule has 2 heterocycles. The van der Waals surface area contributed by atoms with E-state index in [-0.39, 0.29) is 17.4 Å². The first-order chi connectivity index (χ1) is 10.1. The van der Waals surface area contributed by atoms with Crippen LogP contribution in [0.25, 0.3) is 5.70 Å². The van der Waals surface area contributed by atoms with Gasteiger partial charge in [0.2, 0.25) is 0 Å². The number of aliphatic imine (C=N–C) groups is 1. The summed E-state index contributed by atoms with van der Waals surface area (Å²) < 4.78 is 28.1. The summed E-state index contributed by atoms with van der Waals surface area (Å²) in [6.07, 6.45) is 6.82. The Morgan fingerprint density at radius 1 is 1.29 bits per heavy atom. The smallest absolute Gasteiger partial charge is 0.149 e. The highest BCUT2D eigenvalue weighted by atomic mass is 19.1. The lowest BCUT2D eigenvalue weighted by atomic mass is 10.0. The molecule has 1 atom stereocenters. The molecule has 1 aromatic rings. The Hall–Kier alpha value is -2.17. The molecule has 1 unspecified atom stereocenters. The Labute approximate surface area is 121 Å². The molecule has 5 heteroatoms. The monoisotopic (exact) mass is 287 g/mol. The van der Waals surface area contributed by atoms with Gasteiger partial charge in [-0.15, -0.1) is 0 Å². The maximum absolute atomic E-state index is 14.1. The van der Waals surface area contributed by atoms with Gasteiger partial charge in [0.15, 0.2) is 0 Å². The molecule has 0 saturated heterocycles. The van der Waals surface area contributed by atoms with Gasteiger partial charge >= 0.3 is 0 Å². The van der Waals surface area contributed by atoms with Crippen LogP contribution in [0.1, 0.15) is 24.8 Å². The normalized spacial score (nSPS) is 23.3. The number of amidine groups is 1. The molecule has 1 fully saturated rings. The molecule has 108 valence electrons. The minimum Gasteiger partial charge on any atom is -0.368 e. The van der Waals surface area contributed by atoms with Crippen molar-refractivity contribution >= 4 is 17.2 Å². The first kappa shape index (κ1) is 12.6. The molecule has 1 aliphatic carbocycles. The summed E-state index contributed by atoms with van der Waals surface area (Å²) in [5.41, 5.74) is 0.710. The summed E-state index contributed by atoms with van der Waals surface area (Å²) in [5.74, 6) is 0.374. The van der Waals surface area contributed by atoms with E-state index in [1.165, 1.54) is 12.8 Å². The highest BCUT2D eigenvalue weighted by Crippen LogP contribution is 2.42. The van der Waals surface area contributed by atoms with Gasteiger partial charge < -0.3 is 10.2 Å². The lowest BCUT2D eigenvalue weighted by Crippen LogP contribution is -2.49. The highest BCUT2D eigenvalue weighted by molar-refractivity contribution is 5.98. The predicted octanol–water partition coefficient (Wildman–Crippen LogP) is 3.52. The standard InChI is InChI=1S/C16H15F2N3/c1-9-15-11(17)4-5-12(18)16(15)20-14(8-10-2-3-10)21(9)13-6-7-19-13/h4-7,10,13,19H,1-3,8H2.